The number of carboxylic acids is 1. The van der Waals surface area contributed by atoms with E-state index in [4.69, 9.17) is 22.4 Å². The molecule has 68 valence electrons. The first-order valence-corrected chi connectivity index (χ1v) is 4.66. The number of hydrogen-bond acceptors (Lipinski definition) is 2. The average Bonchev–Trinajstić information content (AvgIpc) is 2.55. The van der Waals surface area contributed by atoms with Gasteiger partial charge in [0.15, 0.2) is 0 Å². The highest BCUT2D eigenvalue weighted by Crippen LogP contribution is 2.52. The lowest BCUT2D eigenvalue weighted by Gasteiger charge is -2.33. The molecule has 0 saturated heterocycles. The van der Waals surface area contributed by atoms with Crippen molar-refractivity contribution in [2.45, 2.75) is 30.2 Å². The lowest BCUT2D eigenvalue weighted by Crippen LogP contribution is -2.58. The predicted molar refractivity (Wildman–Crippen MR) is 45.0 cm³/mol. The summed E-state index contributed by atoms with van der Waals surface area (Å²) in [7, 11) is 0. The minimum absolute atomic E-state index is 0.0995. The summed E-state index contributed by atoms with van der Waals surface area (Å²) in [6.07, 6.45) is 2.87. The second-order valence-electron chi connectivity index (χ2n) is 3.91. The van der Waals surface area contributed by atoms with Gasteiger partial charge < -0.3 is 10.8 Å². The van der Waals surface area contributed by atoms with Crippen LogP contribution >= 0.6 is 11.6 Å². The fourth-order valence-corrected chi connectivity index (χ4v) is 3.12. The Labute approximate surface area is 75.9 Å². The fraction of sp³-hybridized carbons (Fsp3) is 0.875. The van der Waals surface area contributed by atoms with Crippen LogP contribution in [0.15, 0.2) is 0 Å². The van der Waals surface area contributed by atoms with E-state index >= 15 is 0 Å². The summed E-state index contributed by atoms with van der Waals surface area (Å²) in [5, 5.41) is 8.59. The van der Waals surface area contributed by atoms with Gasteiger partial charge in [-0.1, -0.05) is 0 Å². The Balaban J connectivity index is 2.32. The molecular weight excluding hydrogens is 178 g/mol. The summed E-state index contributed by atoms with van der Waals surface area (Å²) in [6, 6.07) is 0. The first-order valence-electron chi connectivity index (χ1n) is 4.23. The molecular formula is C8H12ClNO2. The summed E-state index contributed by atoms with van der Waals surface area (Å²) >= 11 is 6.01. The van der Waals surface area contributed by atoms with E-state index in [0.29, 0.717) is 5.92 Å². The topological polar surface area (TPSA) is 63.3 Å². The number of hydrogen-bond donors (Lipinski definition) is 2. The van der Waals surface area contributed by atoms with Crippen molar-refractivity contribution in [2.24, 2.45) is 17.6 Å². The Bertz CT molecular complexity index is 229. The standard InChI is InChI=1S/C8H12ClNO2/c9-6-4-1-2-5(3-4)8(6,10)7(11)12/h4-6H,1-3,10H2,(H,11,12)/t4-,5-,6+,8+/m1/s1. The summed E-state index contributed by atoms with van der Waals surface area (Å²) in [4.78, 5) is 10.9. The molecule has 2 aliphatic rings. The van der Waals surface area contributed by atoms with Crippen molar-refractivity contribution in [1.29, 1.82) is 0 Å². The molecule has 2 bridgehead atoms. The molecule has 3 N–H and O–H groups in total. The smallest absolute Gasteiger partial charge is 0.325 e. The van der Waals surface area contributed by atoms with Crippen molar-refractivity contribution in [3.8, 4) is 0 Å². The molecule has 0 aromatic heterocycles. The average molecular weight is 190 g/mol. The van der Waals surface area contributed by atoms with Crippen LogP contribution in [0.1, 0.15) is 19.3 Å². The van der Waals surface area contributed by atoms with E-state index < -0.39 is 11.5 Å². The number of halogens is 1. The molecule has 2 saturated carbocycles. The largest absolute Gasteiger partial charge is 0.480 e. The van der Waals surface area contributed by atoms with Gasteiger partial charge in [-0.15, -0.1) is 11.6 Å². The Kier molecular flexibility index (Phi) is 1.64. The van der Waals surface area contributed by atoms with Gasteiger partial charge in [0, 0.05) is 0 Å². The highest BCUT2D eigenvalue weighted by atomic mass is 35.5. The fourth-order valence-electron chi connectivity index (χ4n) is 2.62. The zero-order valence-corrected chi connectivity index (χ0v) is 7.42. The lowest BCUT2D eigenvalue weighted by atomic mass is 9.81. The van der Waals surface area contributed by atoms with Gasteiger partial charge >= 0.3 is 5.97 Å². The van der Waals surface area contributed by atoms with Crippen molar-refractivity contribution in [3.05, 3.63) is 0 Å². The molecule has 4 heteroatoms. The number of nitrogens with two attached hydrogens (primary N) is 1. The summed E-state index contributed by atoms with van der Waals surface area (Å²) in [6.45, 7) is 0. The second kappa shape index (κ2) is 2.36. The molecule has 0 aromatic carbocycles. The van der Waals surface area contributed by atoms with Gasteiger partial charge in [0.1, 0.15) is 5.54 Å². The highest BCUT2D eigenvalue weighted by Gasteiger charge is 2.60. The Morgan fingerprint density at radius 2 is 2.25 bits per heavy atom. The van der Waals surface area contributed by atoms with E-state index in [1.54, 1.807) is 0 Å². The zero-order valence-electron chi connectivity index (χ0n) is 6.66. The highest BCUT2D eigenvalue weighted by molar-refractivity contribution is 6.24. The first-order chi connectivity index (χ1) is 5.56. The van der Waals surface area contributed by atoms with Gasteiger partial charge in [-0.25, -0.2) is 0 Å². The van der Waals surface area contributed by atoms with Gasteiger partial charge in [0.25, 0.3) is 0 Å². The second-order valence-corrected chi connectivity index (χ2v) is 4.38. The van der Waals surface area contributed by atoms with E-state index in [1.165, 1.54) is 0 Å². The summed E-state index contributed by atoms with van der Waals surface area (Å²) < 4.78 is 0. The molecule has 0 spiro atoms. The van der Waals surface area contributed by atoms with Crippen LogP contribution in [0.3, 0.4) is 0 Å². The number of carbonyl (C=O) groups is 1. The number of alkyl halides is 1. The quantitative estimate of drug-likeness (QED) is 0.600. The van der Waals surface area contributed by atoms with Crippen LogP contribution in [0.2, 0.25) is 0 Å². The van der Waals surface area contributed by atoms with Crippen LogP contribution < -0.4 is 5.73 Å². The SMILES string of the molecule is N[C@@]1(C(=O)O)[C@@H]2CC[C@H](C2)[C@@H]1Cl. The molecule has 2 aliphatic carbocycles. The van der Waals surface area contributed by atoms with Crippen LogP contribution in [0.4, 0.5) is 0 Å². The number of carboxylic acid groups (broad SMARTS) is 1. The lowest BCUT2D eigenvalue weighted by molar-refractivity contribution is -0.145. The Morgan fingerprint density at radius 1 is 1.58 bits per heavy atom. The summed E-state index contributed by atoms with van der Waals surface area (Å²) in [5.74, 6) is -0.505. The van der Waals surface area contributed by atoms with Crippen molar-refractivity contribution in [3.63, 3.8) is 0 Å². The van der Waals surface area contributed by atoms with Crippen molar-refractivity contribution in [2.75, 3.05) is 0 Å². The van der Waals surface area contributed by atoms with Crippen molar-refractivity contribution < 1.29 is 9.90 Å². The van der Waals surface area contributed by atoms with Crippen molar-refractivity contribution in [1.82, 2.24) is 0 Å². The molecule has 2 fully saturated rings. The minimum Gasteiger partial charge on any atom is -0.480 e. The maximum atomic E-state index is 10.9. The predicted octanol–water partition coefficient (Wildman–Crippen LogP) is 0.806. The number of aliphatic carboxylic acids is 1. The van der Waals surface area contributed by atoms with Crippen LogP contribution in [0.5, 0.6) is 0 Å². The van der Waals surface area contributed by atoms with Crippen LogP contribution in [-0.4, -0.2) is 22.0 Å². The molecule has 0 radical (unpaired) electrons. The normalized spacial score (nSPS) is 51.3. The third-order valence-electron chi connectivity index (χ3n) is 3.39. The van der Waals surface area contributed by atoms with Crippen LogP contribution in [0, 0.1) is 11.8 Å². The molecule has 0 unspecified atom stereocenters. The van der Waals surface area contributed by atoms with Gasteiger partial charge in [-0.2, -0.15) is 0 Å². The number of fused-ring (bicyclic) bond motifs is 2. The molecule has 2 rings (SSSR count). The first kappa shape index (κ1) is 8.32. The van der Waals surface area contributed by atoms with E-state index in [-0.39, 0.29) is 11.3 Å². The Morgan fingerprint density at radius 3 is 2.58 bits per heavy atom. The monoisotopic (exact) mass is 189 g/mol. The summed E-state index contributed by atoms with van der Waals surface area (Å²) in [5.41, 5.74) is 4.65. The minimum atomic E-state index is -1.15. The maximum Gasteiger partial charge on any atom is 0.325 e. The van der Waals surface area contributed by atoms with Gasteiger partial charge in [-0.3, -0.25) is 4.79 Å². The third kappa shape index (κ3) is 0.783. The van der Waals surface area contributed by atoms with E-state index in [9.17, 15) is 4.79 Å². The molecule has 0 aliphatic heterocycles. The van der Waals surface area contributed by atoms with Crippen LogP contribution in [0.25, 0.3) is 0 Å². The molecule has 12 heavy (non-hydrogen) atoms. The Hall–Kier alpha value is -0.280. The van der Waals surface area contributed by atoms with Crippen molar-refractivity contribution >= 4 is 17.6 Å². The molecule has 3 nitrogen and oxygen atoms in total. The van der Waals surface area contributed by atoms with E-state index in [2.05, 4.69) is 0 Å². The molecule has 0 aromatic rings. The van der Waals surface area contributed by atoms with E-state index in [1.807, 2.05) is 0 Å². The zero-order chi connectivity index (χ0) is 8.93. The maximum absolute atomic E-state index is 10.9. The van der Waals surface area contributed by atoms with Gasteiger partial charge in [0.2, 0.25) is 0 Å². The van der Waals surface area contributed by atoms with Gasteiger partial charge in [0.05, 0.1) is 5.38 Å². The molecule has 0 heterocycles. The third-order valence-corrected chi connectivity index (χ3v) is 4.11. The van der Waals surface area contributed by atoms with Crippen LogP contribution in [-0.2, 0) is 4.79 Å². The van der Waals surface area contributed by atoms with Gasteiger partial charge in [-0.05, 0) is 31.1 Å². The molecule has 0 amide bonds. The number of rotatable bonds is 1. The van der Waals surface area contributed by atoms with E-state index in [0.717, 1.165) is 19.3 Å². The molecule has 4 atom stereocenters.